The lowest BCUT2D eigenvalue weighted by atomic mass is 9.93. The standard InChI is InChI=1S/C17H19N3O3/c21-16(8-7-14-2-1-11-22-14)20-13-3-5-15(6-4-13)23-17-12-18-9-10-19-17/h1-2,7-13,15H,3-6H2,(H,20,21)/b8-7+. The number of carbonyl (C=O) groups excluding carboxylic acids is 1. The molecule has 2 heterocycles. The van der Waals surface area contributed by atoms with Gasteiger partial charge in [-0.25, -0.2) is 4.98 Å². The number of furan rings is 1. The van der Waals surface area contributed by atoms with Gasteiger partial charge in [-0.15, -0.1) is 0 Å². The van der Waals surface area contributed by atoms with E-state index >= 15 is 0 Å². The minimum Gasteiger partial charge on any atom is -0.473 e. The van der Waals surface area contributed by atoms with Gasteiger partial charge in [-0.1, -0.05) is 0 Å². The summed E-state index contributed by atoms with van der Waals surface area (Å²) >= 11 is 0. The largest absolute Gasteiger partial charge is 0.473 e. The van der Waals surface area contributed by atoms with Gasteiger partial charge in [0.15, 0.2) is 0 Å². The molecule has 2 aromatic rings. The number of hydrogen-bond acceptors (Lipinski definition) is 5. The fourth-order valence-electron chi connectivity index (χ4n) is 2.64. The van der Waals surface area contributed by atoms with E-state index < -0.39 is 0 Å². The number of nitrogens with zero attached hydrogens (tertiary/aromatic N) is 2. The molecule has 0 spiro atoms. The summed E-state index contributed by atoms with van der Waals surface area (Å²) in [6, 6.07) is 3.78. The number of ether oxygens (including phenoxy) is 1. The summed E-state index contributed by atoms with van der Waals surface area (Å²) in [7, 11) is 0. The first-order chi connectivity index (χ1) is 11.3. The fraction of sp³-hybridized carbons (Fsp3) is 0.353. The molecule has 1 amide bonds. The van der Waals surface area contributed by atoms with E-state index in [-0.39, 0.29) is 18.1 Å². The molecular weight excluding hydrogens is 294 g/mol. The highest BCUT2D eigenvalue weighted by molar-refractivity contribution is 5.91. The van der Waals surface area contributed by atoms with Crippen molar-refractivity contribution < 1.29 is 13.9 Å². The molecule has 0 aromatic carbocycles. The van der Waals surface area contributed by atoms with Crippen LogP contribution in [0, 0.1) is 0 Å². The quantitative estimate of drug-likeness (QED) is 0.859. The van der Waals surface area contributed by atoms with E-state index in [4.69, 9.17) is 9.15 Å². The van der Waals surface area contributed by atoms with E-state index in [9.17, 15) is 4.79 Å². The van der Waals surface area contributed by atoms with Crippen molar-refractivity contribution >= 4 is 12.0 Å². The lowest BCUT2D eigenvalue weighted by molar-refractivity contribution is -0.117. The van der Waals surface area contributed by atoms with Crippen LogP contribution in [0.15, 0.2) is 47.5 Å². The van der Waals surface area contributed by atoms with Crippen LogP contribution in [0.5, 0.6) is 5.88 Å². The fourth-order valence-corrected chi connectivity index (χ4v) is 2.64. The summed E-state index contributed by atoms with van der Waals surface area (Å²) < 4.78 is 10.9. The molecule has 120 valence electrons. The Balaban J connectivity index is 1.41. The van der Waals surface area contributed by atoms with Gasteiger partial charge in [-0.2, -0.15) is 0 Å². The van der Waals surface area contributed by atoms with E-state index in [0.717, 1.165) is 25.7 Å². The SMILES string of the molecule is O=C(/C=C/c1ccco1)NC1CCC(Oc2cnccn2)CC1. The monoisotopic (exact) mass is 313 g/mol. The van der Waals surface area contributed by atoms with Gasteiger partial charge < -0.3 is 14.5 Å². The van der Waals surface area contributed by atoms with Crippen molar-refractivity contribution in [1.82, 2.24) is 15.3 Å². The van der Waals surface area contributed by atoms with Crippen LogP contribution < -0.4 is 10.1 Å². The zero-order valence-electron chi connectivity index (χ0n) is 12.7. The van der Waals surface area contributed by atoms with Crippen molar-refractivity contribution in [3.05, 3.63) is 48.8 Å². The average molecular weight is 313 g/mol. The van der Waals surface area contributed by atoms with E-state index in [1.807, 2.05) is 0 Å². The zero-order chi connectivity index (χ0) is 15.9. The first-order valence-electron chi connectivity index (χ1n) is 7.74. The summed E-state index contributed by atoms with van der Waals surface area (Å²) in [4.78, 5) is 20.0. The Kier molecular flexibility index (Phi) is 5.03. The second-order valence-electron chi connectivity index (χ2n) is 5.49. The van der Waals surface area contributed by atoms with Gasteiger partial charge in [0.2, 0.25) is 11.8 Å². The molecule has 0 bridgehead atoms. The summed E-state index contributed by atoms with van der Waals surface area (Å²) in [5.41, 5.74) is 0. The zero-order valence-corrected chi connectivity index (χ0v) is 12.7. The molecule has 0 saturated heterocycles. The number of aromatic nitrogens is 2. The molecule has 2 aromatic heterocycles. The molecule has 6 heteroatoms. The van der Waals surface area contributed by atoms with E-state index in [0.29, 0.717) is 11.6 Å². The first kappa shape index (κ1) is 15.3. The van der Waals surface area contributed by atoms with Crippen LogP contribution in [-0.4, -0.2) is 28.0 Å². The molecule has 0 radical (unpaired) electrons. The van der Waals surface area contributed by atoms with Crippen LogP contribution in [0.1, 0.15) is 31.4 Å². The Morgan fingerprint density at radius 2 is 2.17 bits per heavy atom. The van der Waals surface area contributed by atoms with Crippen LogP contribution in [0.2, 0.25) is 0 Å². The predicted octanol–water partition coefficient (Wildman–Crippen LogP) is 2.59. The second-order valence-corrected chi connectivity index (χ2v) is 5.49. The van der Waals surface area contributed by atoms with Crippen molar-refractivity contribution in [2.75, 3.05) is 0 Å². The van der Waals surface area contributed by atoms with Gasteiger partial charge in [0.25, 0.3) is 0 Å². The predicted molar refractivity (Wildman–Crippen MR) is 84.6 cm³/mol. The molecule has 1 fully saturated rings. The van der Waals surface area contributed by atoms with Gasteiger partial charge in [0.1, 0.15) is 11.9 Å². The molecule has 6 nitrogen and oxygen atoms in total. The molecular formula is C17H19N3O3. The summed E-state index contributed by atoms with van der Waals surface area (Å²) in [6.07, 6.45) is 13.3. The molecule has 1 saturated carbocycles. The third-order valence-electron chi connectivity index (χ3n) is 3.79. The van der Waals surface area contributed by atoms with Gasteiger partial charge in [-0.05, 0) is 43.9 Å². The van der Waals surface area contributed by atoms with Crippen molar-refractivity contribution in [2.45, 2.75) is 37.8 Å². The van der Waals surface area contributed by atoms with Crippen molar-refractivity contribution in [3.63, 3.8) is 0 Å². The van der Waals surface area contributed by atoms with Gasteiger partial charge in [0, 0.05) is 24.5 Å². The second kappa shape index (κ2) is 7.58. The number of carbonyl (C=O) groups is 1. The maximum absolute atomic E-state index is 11.9. The summed E-state index contributed by atoms with van der Waals surface area (Å²) in [5, 5.41) is 3.01. The van der Waals surface area contributed by atoms with Gasteiger partial charge >= 0.3 is 0 Å². The van der Waals surface area contributed by atoms with E-state index in [1.54, 1.807) is 43.1 Å². The van der Waals surface area contributed by atoms with Crippen LogP contribution >= 0.6 is 0 Å². The Hall–Kier alpha value is -2.63. The maximum atomic E-state index is 11.9. The highest BCUT2D eigenvalue weighted by atomic mass is 16.5. The smallest absolute Gasteiger partial charge is 0.244 e. The van der Waals surface area contributed by atoms with Crippen molar-refractivity contribution in [3.8, 4) is 5.88 Å². The highest BCUT2D eigenvalue weighted by Crippen LogP contribution is 2.22. The third kappa shape index (κ3) is 4.67. The normalized spacial score (nSPS) is 21.2. The Bertz CT molecular complexity index is 632. The lowest BCUT2D eigenvalue weighted by Crippen LogP contribution is -2.39. The number of amides is 1. The molecule has 0 aliphatic heterocycles. The van der Waals surface area contributed by atoms with Crippen LogP contribution in [0.25, 0.3) is 6.08 Å². The number of rotatable bonds is 5. The van der Waals surface area contributed by atoms with Gasteiger partial charge in [0.05, 0.1) is 12.5 Å². The third-order valence-corrected chi connectivity index (χ3v) is 3.79. The van der Waals surface area contributed by atoms with Crippen molar-refractivity contribution in [1.29, 1.82) is 0 Å². The van der Waals surface area contributed by atoms with Crippen molar-refractivity contribution in [2.24, 2.45) is 0 Å². The molecule has 1 aliphatic carbocycles. The molecule has 23 heavy (non-hydrogen) atoms. The maximum Gasteiger partial charge on any atom is 0.244 e. The summed E-state index contributed by atoms with van der Waals surface area (Å²) in [5.74, 6) is 1.13. The van der Waals surface area contributed by atoms with Crippen LogP contribution in [0.3, 0.4) is 0 Å². The van der Waals surface area contributed by atoms with Crippen LogP contribution in [0.4, 0.5) is 0 Å². The Morgan fingerprint density at radius 1 is 1.30 bits per heavy atom. The molecule has 0 unspecified atom stereocenters. The van der Waals surface area contributed by atoms with E-state index in [2.05, 4.69) is 15.3 Å². The Labute approximate surface area is 134 Å². The first-order valence-corrected chi connectivity index (χ1v) is 7.74. The highest BCUT2D eigenvalue weighted by Gasteiger charge is 2.23. The van der Waals surface area contributed by atoms with Gasteiger partial charge in [-0.3, -0.25) is 9.78 Å². The van der Waals surface area contributed by atoms with Crippen LogP contribution in [-0.2, 0) is 4.79 Å². The van der Waals surface area contributed by atoms with E-state index in [1.165, 1.54) is 6.08 Å². The Morgan fingerprint density at radius 3 is 2.87 bits per heavy atom. The molecule has 1 aliphatic rings. The lowest BCUT2D eigenvalue weighted by Gasteiger charge is -2.28. The number of nitrogens with one attached hydrogen (secondary N) is 1. The topological polar surface area (TPSA) is 77.2 Å². The minimum absolute atomic E-state index is 0.0975. The number of hydrogen-bond donors (Lipinski definition) is 1. The summed E-state index contributed by atoms with van der Waals surface area (Å²) in [6.45, 7) is 0. The molecule has 3 rings (SSSR count). The minimum atomic E-state index is -0.0975. The molecule has 1 N–H and O–H groups in total. The average Bonchev–Trinajstić information content (AvgIpc) is 3.09. The molecule has 0 atom stereocenters.